The van der Waals surface area contributed by atoms with Crippen molar-refractivity contribution in [1.29, 1.82) is 0 Å². The lowest BCUT2D eigenvalue weighted by atomic mass is 9.92. The Morgan fingerprint density at radius 1 is 1.00 bits per heavy atom. The van der Waals surface area contributed by atoms with Crippen LogP contribution in [0.2, 0.25) is 0 Å². The van der Waals surface area contributed by atoms with Crippen molar-refractivity contribution < 1.29 is 4.79 Å². The fourth-order valence-electron chi connectivity index (χ4n) is 6.11. The number of rotatable bonds is 1. The number of fused-ring (bicyclic) bond motifs is 6. The summed E-state index contributed by atoms with van der Waals surface area (Å²) in [6, 6.07) is 0.707. The quantitative estimate of drug-likeness (QED) is 0.802. The fraction of sp³-hybridized carbons (Fsp3) is 0.938. The number of hydrogen-bond acceptors (Lipinski definition) is 2. The van der Waals surface area contributed by atoms with Crippen LogP contribution in [0.1, 0.15) is 32.1 Å². The predicted molar refractivity (Wildman–Crippen MR) is 79.6 cm³/mol. The number of carbonyl (C=O) groups excluding carboxylic acids is 1. The monoisotopic (exact) mass is 296 g/mol. The van der Waals surface area contributed by atoms with Gasteiger partial charge in [-0.15, -0.1) is 12.4 Å². The maximum atomic E-state index is 12.8. The third kappa shape index (κ3) is 1.72. The molecule has 0 radical (unpaired) electrons. The number of nitrogens with one attached hydrogen (secondary N) is 1. The maximum Gasteiger partial charge on any atom is 0.226 e. The van der Waals surface area contributed by atoms with E-state index in [1.807, 2.05) is 0 Å². The summed E-state index contributed by atoms with van der Waals surface area (Å²) in [5.74, 6) is 5.21. The van der Waals surface area contributed by atoms with Crippen LogP contribution >= 0.6 is 12.4 Å². The Morgan fingerprint density at radius 2 is 1.75 bits per heavy atom. The number of piperidine rings is 1. The molecule has 4 heteroatoms. The van der Waals surface area contributed by atoms with Gasteiger partial charge in [-0.1, -0.05) is 0 Å². The van der Waals surface area contributed by atoms with E-state index >= 15 is 0 Å². The highest BCUT2D eigenvalue weighted by atomic mass is 35.5. The lowest BCUT2D eigenvalue weighted by molar-refractivity contribution is -0.135. The zero-order chi connectivity index (χ0) is 12.6. The number of likely N-dealkylation sites (tertiary alicyclic amines) is 1. The Kier molecular flexibility index (Phi) is 3.08. The third-order valence-corrected chi connectivity index (χ3v) is 6.99. The molecule has 0 spiro atoms. The Balaban J connectivity index is 0.00000106. The van der Waals surface area contributed by atoms with E-state index in [4.69, 9.17) is 0 Å². The second-order valence-electron chi connectivity index (χ2n) is 7.70. The van der Waals surface area contributed by atoms with Crippen molar-refractivity contribution in [3.8, 4) is 0 Å². The van der Waals surface area contributed by atoms with Crippen LogP contribution in [0.3, 0.4) is 0 Å². The van der Waals surface area contributed by atoms with Crippen LogP contribution in [0, 0.1) is 35.5 Å². The van der Waals surface area contributed by atoms with Crippen molar-refractivity contribution in [2.45, 2.75) is 38.1 Å². The summed E-state index contributed by atoms with van der Waals surface area (Å²) in [5, 5.41) is 3.59. The molecule has 3 aliphatic carbocycles. The Morgan fingerprint density at radius 3 is 2.50 bits per heavy atom. The van der Waals surface area contributed by atoms with Gasteiger partial charge in [-0.2, -0.15) is 0 Å². The Labute approximate surface area is 127 Å². The average molecular weight is 297 g/mol. The second kappa shape index (κ2) is 4.61. The number of amides is 1. The van der Waals surface area contributed by atoms with Crippen molar-refractivity contribution in [3.63, 3.8) is 0 Å². The minimum absolute atomic E-state index is 0. The lowest BCUT2D eigenvalue weighted by Crippen LogP contribution is -2.47. The Hall–Kier alpha value is -0.280. The topological polar surface area (TPSA) is 32.3 Å². The summed E-state index contributed by atoms with van der Waals surface area (Å²) in [6.07, 6.45) is 6.75. The van der Waals surface area contributed by atoms with Crippen LogP contribution < -0.4 is 5.32 Å². The van der Waals surface area contributed by atoms with Crippen LogP contribution in [0.25, 0.3) is 0 Å². The standard InChI is InChI=1S/C16H24N2O.ClH/c19-16(15-13-9-1-2-10(7-9)14(13)15)18-6-4-12-11(8-18)3-5-17-12;/h9-15,17H,1-8H2;1H. The first-order chi connectivity index (χ1) is 9.33. The molecule has 5 rings (SSSR count). The van der Waals surface area contributed by atoms with Gasteiger partial charge in [0.1, 0.15) is 0 Å². The predicted octanol–water partition coefficient (Wildman–Crippen LogP) is 1.91. The average Bonchev–Trinajstić information content (AvgIpc) is 2.84. The van der Waals surface area contributed by atoms with Crippen LogP contribution in [0.5, 0.6) is 0 Å². The molecule has 5 fully saturated rings. The van der Waals surface area contributed by atoms with Gasteiger partial charge < -0.3 is 10.2 Å². The molecule has 6 atom stereocenters. The Bertz CT molecular complexity index is 413. The molecule has 0 aromatic carbocycles. The number of halogens is 1. The zero-order valence-electron chi connectivity index (χ0n) is 12.0. The van der Waals surface area contributed by atoms with E-state index in [2.05, 4.69) is 10.2 Å². The fourth-order valence-corrected chi connectivity index (χ4v) is 6.11. The number of carbonyl (C=O) groups is 1. The first-order valence-electron chi connectivity index (χ1n) is 8.35. The van der Waals surface area contributed by atoms with E-state index in [1.165, 1.54) is 32.1 Å². The molecule has 6 unspecified atom stereocenters. The van der Waals surface area contributed by atoms with Gasteiger partial charge in [0.25, 0.3) is 0 Å². The van der Waals surface area contributed by atoms with E-state index < -0.39 is 0 Å². The molecule has 2 heterocycles. The van der Waals surface area contributed by atoms with Crippen molar-refractivity contribution in [3.05, 3.63) is 0 Å². The summed E-state index contributed by atoms with van der Waals surface area (Å²) >= 11 is 0. The first kappa shape index (κ1) is 13.4. The SMILES string of the molecule is Cl.O=C(C1C2C3CCC(C3)C12)N1CCC2NCCC2C1. The molecule has 112 valence electrons. The van der Waals surface area contributed by atoms with Crippen LogP contribution in [0.15, 0.2) is 0 Å². The van der Waals surface area contributed by atoms with Gasteiger partial charge in [-0.3, -0.25) is 4.79 Å². The minimum atomic E-state index is 0. The molecule has 1 N–H and O–H groups in total. The van der Waals surface area contributed by atoms with Gasteiger partial charge in [0.2, 0.25) is 5.91 Å². The van der Waals surface area contributed by atoms with Crippen LogP contribution in [-0.4, -0.2) is 36.5 Å². The summed E-state index contributed by atoms with van der Waals surface area (Å²) in [6.45, 7) is 3.22. The lowest BCUT2D eigenvalue weighted by Gasteiger charge is -2.35. The maximum absolute atomic E-state index is 12.8. The molecular weight excluding hydrogens is 272 g/mol. The van der Waals surface area contributed by atoms with Gasteiger partial charge in [0, 0.05) is 25.0 Å². The van der Waals surface area contributed by atoms with Gasteiger partial charge in [-0.05, 0) is 68.2 Å². The highest BCUT2D eigenvalue weighted by Gasteiger charge is 2.68. The molecule has 20 heavy (non-hydrogen) atoms. The highest BCUT2D eigenvalue weighted by molar-refractivity contribution is 5.85. The van der Waals surface area contributed by atoms with E-state index in [-0.39, 0.29) is 12.4 Å². The zero-order valence-corrected chi connectivity index (χ0v) is 12.8. The molecule has 3 nitrogen and oxygen atoms in total. The van der Waals surface area contributed by atoms with Gasteiger partial charge in [-0.25, -0.2) is 0 Å². The van der Waals surface area contributed by atoms with Crippen molar-refractivity contribution in [2.24, 2.45) is 35.5 Å². The molecule has 2 saturated heterocycles. The molecule has 2 bridgehead atoms. The highest BCUT2D eigenvalue weighted by Crippen LogP contribution is 2.69. The minimum Gasteiger partial charge on any atom is -0.342 e. The van der Waals surface area contributed by atoms with E-state index in [0.29, 0.717) is 17.9 Å². The van der Waals surface area contributed by atoms with Crippen molar-refractivity contribution in [2.75, 3.05) is 19.6 Å². The van der Waals surface area contributed by atoms with Gasteiger partial charge >= 0.3 is 0 Å². The summed E-state index contributed by atoms with van der Waals surface area (Å²) in [7, 11) is 0. The van der Waals surface area contributed by atoms with Crippen LogP contribution in [0.4, 0.5) is 0 Å². The normalized spacial score (nSPS) is 51.4. The van der Waals surface area contributed by atoms with Gasteiger partial charge in [0.05, 0.1) is 0 Å². The van der Waals surface area contributed by atoms with Crippen LogP contribution in [-0.2, 0) is 4.79 Å². The molecule has 3 saturated carbocycles. The molecular formula is C16H25ClN2O. The summed E-state index contributed by atoms with van der Waals surface area (Å²) in [4.78, 5) is 15.0. The second-order valence-corrected chi connectivity index (χ2v) is 7.70. The molecule has 1 amide bonds. The molecule has 2 aliphatic heterocycles. The smallest absolute Gasteiger partial charge is 0.226 e. The van der Waals surface area contributed by atoms with E-state index in [9.17, 15) is 4.79 Å². The van der Waals surface area contributed by atoms with E-state index in [1.54, 1.807) is 0 Å². The summed E-state index contributed by atoms with van der Waals surface area (Å²) < 4.78 is 0. The largest absolute Gasteiger partial charge is 0.342 e. The number of hydrogen-bond donors (Lipinski definition) is 1. The van der Waals surface area contributed by atoms with Crippen molar-refractivity contribution >= 4 is 18.3 Å². The molecule has 0 aromatic heterocycles. The first-order valence-corrected chi connectivity index (χ1v) is 8.35. The summed E-state index contributed by atoms with van der Waals surface area (Å²) in [5.41, 5.74) is 0. The number of nitrogens with zero attached hydrogens (tertiary/aromatic N) is 1. The third-order valence-electron chi connectivity index (χ3n) is 6.99. The van der Waals surface area contributed by atoms with Gasteiger partial charge in [0.15, 0.2) is 0 Å². The van der Waals surface area contributed by atoms with Crippen molar-refractivity contribution in [1.82, 2.24) is 10.2 Å². The van der Waals surface area contributed by atoms with E-state index in [0.717, 1.165) is 49.2 Å². The molecule has 5 aliphatic rings. The molecule has 0 aromatic rings.